The molecular weight excluding hydrogens is 270 g/mol. The Balaban J connectivity index is 1.91. The predicted molar refractivity (Wildman–Crippen MR) is 83.0 cm³/mol. The SMILES string of the molecule is C[C@H](O)CNc1ccnc(-c2cc3ccccc3s2)n1. The van der Waals surface area contributed by atoms with E-state index < -0.39 is 6.10 Å². The Morgan fingerprint density at radius 1 is 1.30 bits per heavy atom. The van der Waals surface area contributed by atoms with Crippen molar-refractivity contribution >= 4 is 27.2 Å². The van der Waals surface area contributed by atoms with E-state index in [1.54, 1.807) is 30.5 Å². The Morgan fingerprint density at radius 2 is 2.15 bits per heavy atom. The summed E-state index contributed by atoms with van der Waals surface area (Å²) in [5.41, 5.74) is 0. The summed E-state index contributed by atoms with van der Waals surface area (Å²) in [4.78, 5) is 9.86. The second-order valence-corrected chi connectivity index (χ2v) is 5.73. The Kier molecular flexibility index (Phi) is 3.62. The van der Waals surface area contributed by atoms with Crippen LogP contribution in [0.5, 0.6) is 0 Å². The first-order chi connectivity index (χ1) is 9.72. The van der Waals surface area contributed by atoms with Crippen LogP contribution in [0, 0.1) is 0 Å². The van der Waals surface area contributed by atoms with E-state index in [1.807, 2.05) is 12.1 Å². The van der Waals surface area contributed by atoms with Crippen molar-refractivity contribution in [2.75, 3.05) is 11.9 Å². The van der Waals surface area contributed by atoms with Crippen LogP contribution in [0.2, 0.25) is 0 Å². The third-order valence-corrected chi connectivity index (χ3v) is 3.99. The summed E-state index contributed by atoms with van der Waals surface area (Å²) in [6.07, 6.45) is 1.33. The molecular formula is C15H15N3OS. The van der Waals surface area contributed by atoms with Crippen LogP contribution in [-0.2, 0) is 0 Å². The Bertz CT molecular complexity index is 691. The summed E-state index contributed by atoms with van der Waals surface area (Å²) in [6, 6.07) is 12.2. The fourth-order valence-electron chi connectivity index (χ4n) is 1.92. The molecule has 20 heavy (non-hydrogen) atoms. The molecule has 102 valence electrons. The summed E-state index contributed by atoms with van der Waals surface area (Å²) in [5.74, 6) is 1.44. The third-order valence-electron chi connectivity index (χ3n) is 2.88. The van der Waals surface area contributed by atoms with Gasteiger partial charge in [0, 0.05) is 17.4 Å². The van der Waals surface area contributed by atoms with Crippen LogP contribution in [-0.4, -0.2) is 27.7 Å². The Hall–Kier alpha value is -1.98. The maximum Gasteiger partial charge on any atom is 0.171 e. The van der Waals surface area contributed by atoms with Gasteiger partial charge in [0.05, 0.1) is 11.0 Å². The van der Waals surface area contributed by atoms with Gasteiger partial charge in [-0.3, -0.25) is 0 Å². The average molecular weight is 285 g/mol. The van der Waals surface area contributed by atoms with E-state index in [9.17, 15) is 5.11 Å². The number of thiophene rings is 1. The molecule has 4 nitrogen and oxygen atoms in total. The van der Waals surface area contributed by atoms with Gasteiger partial charge in [0.2, 0.25) is 0 Å². The fourth-order valence-corrected chi connectivity index (χ4v) is 2.92. The molecule has 2 aromatic heterocycles. The third kappa shape index (κ3) is 2.79. The van der Waals surface area contributed by atoms with E-state index in [0.717, 1.165) is 10.7 Å². The van der Waals surface area contributed by atoms with E-state index in [2.05, 4.69) is 33.5 Å². The number of benzene rings is 1. The molecule has 3 rings (SSSR count). The van der Waals surface area contributed by atoms with E-state index in [4.69, 9.17) is 0 Å². The number of rotatable bonds is 4. The summed E-state index contributed by atoms with van der Waals surface area (Å²) in [6.45, 7) is 2.21. The number of anilines is 1. The van der Waals surface area contributed by atoms with E-state index in [1.165, 1.54) is 10.1 Å². The topological polar surface area (TPSA) is 58.0 Å². The van der Waals surface area contributed by atoms with Gasteiger partial charge < -0.3 is 10.4 Å². The first kappa shape index (κ1) is 13.0. The van der Waals surface area contributed by atoms with Gasteiger partial charge in [-0.1, -0.05) is 18.2 Å². The number of hydrogen-bond donors (Lipinski definition) is 2. The molecule has 1 atom stereocenters. The number of nitrogens with one attached hydrogen (secondary N) is 1. The molecule has 5 heteroatoms. The van der Waals surface area contributed by atoms with Crippen molar-refractivity contribution in [3.05, 3.63) is 42.6 Å². The monoisotopic (exact) mass is 285 g/mol. The van der Waals surface area contributed by atoms with Gasteiger partial charge in [0.15, 0.2) is 5.82 Å². The minimum atomic E-state index is -0.405. The summed E-state index contributed by atoms with van der Waals surface area (Å²) in [7, 11) is 0. The van der Waals surface area contributed by atoms with E-state index in [0.29, 0.717) is 12.4 Å². The average Bonchev–Trinajstić information content (AvgIpc) is 2.89. The van der Waals surface area contributed by atoms with Crippen LogP contribution < -0.4 is 5.32 Å². The molecule has 0 spiro atoms. The van der Waals surface area contributed by atoms with Crippen LogP contribution in [0.15, 0.2) is 42.6 Å². The van der Waals surface area contributed by atoms with Gasteiger partial charge in [-0.05, 0) is 30.5 Å². The number of hydrogen-bond acceptors (Lipinski definition) is 5. The van der Waals surface area contributed by atoms with Crippen LogP contribution in [0.3, 0.4) is 0 Å². The highest BCUT2D eigenvalue weighted by molar-refractivity contribution is 7.22. The second kappa shape index (κ2) is 5.56. The standard InChI is InChI=1S/C15H15N3OS/c1-10(19)9-17-14-6-7-16-15(18-14)13-8-11-4-2-3-5-12(11)20-13/h2-8,10,19H,9H2,1H3,(H,16,17,18)/t10-/m0/s1. The maximum absolute atomic E-state index is 9.29. The molecule has 0 bridgehead atoms. The molecule has 0 aliphatic rings. The smallest absolute Gasteiger partial charge is 0.171 e. The fraction of sp³-hybridized carbons (Fsp3) is 0.200. The lowest BCUT2D eigenvalue weighted by Crippen LogP contribution is -2.16. The van der Waals surface area contributed by atoms with Crippen molar-refractivity contribution < 1.29 is 5.11 Å². The number of nitrogens with zero attached hydrogens (tertiary/aromatic N) is 2. The van der Waals surface area contributed by atoms with Gasteiger partial charge in [-0.15, -0.1) is 11.3 Å². The summed E-state index contributed by atoms with van der Waals surface area (Å²) < 4.78 is 1.23. The quantitative estimate of drug-likeness (QED) is 0.773. The molecule has 0 fully saturated rings. The summed E-state index contributed by atoms with van der Waals surface area (Å²) >= 11 is 1.68. The first-order valence-corrected chi connectivity index (χ1v) is 7.28. The minimum absolute atomic E-state index is 0.405. The van der Waals surface area contributed by atoms with Crippen LogP contribution in [0.1, 0.15) is 6.92 Å². The van der Waals surface area contributed by atoms with Gasteiger partial charge in [-0.2, -0.15) is 0 Å². The lowest BCUT2D eigenvalue weighted by atomic mass is 10.2. The molecule has 0 radical (unpaired) electrons. The molecule has 2 heterocycles. The molecule has 3 aromatic rings. The highest BCUT2D eigenvalue weighted by Crippen LogP contribution is 2.31. The number of aromatic nitrogens is 2. The minimum Gasteiger partial charge on any atom is -0.392 e. The van der Waals surface area contributed by atoms with E-state index in [-0.39, 0.29) is 0 Å². The first-order valence-electron chi connectivity index (χ1n) is 6.46. The van der Waals surface area contributed by atoms with Gasteiger partial charge >= 0.3 is 0 Å². The van der Waals surface area contributed by atoms with Crippen LogP contribution >= 0.6 is 11.3 Å². The molecule has 0 aliphatic carbocycles. The number of aliphatic hydroxyl groups excluding tert-OH is 1. The van der Waals surface area contributed by atoms with Gasteiger partial charge in [0.1, 0.15) is 5.82 Å². The highest BCUT2D eigenvalue weighted by Gasteiger charge is 2.07. The molecule has 0 aliphatic heterocycles. The highest BCUT2D eigenvalue weighted by atomic mass is 32.1. The molecule has 2 N–H and O–H groups in total. The molecule has 0 saturated heterocycles. The largest absolute Gasteiger partial charge is 0.392 e. The van der Waals surface area contributed by atoms with Crippen molar-refractivity contribution in [1.29, 1.82) is 0 Å². The van der Waals surface area contributed by atoms with Crippen molar-refractivity contribution in [3.63, 3.8) is 0 Å². The molecule has 0 saturated carbocycles. The van der Waals surface area contributed by atoms with Gasteiger partial charge in [0.25, 0.3) is 0 Å². The van der Waals surface area contributed by atoms with Crippen molar-refractivity contribution in [3.8, 4) is 10.7 Å². The number of fused-ring (bicyclic) bond motifs is 1. The van der Waals surface area contributed by atoms with Crippen molar-refractivity contribution in [1.82, 2.24) is 9.97 Å². The lowest BCUT2D eigenvalue weighted by Gasteiger charge is -2.07. The summed E-state index contributed by atoms with van der Waals surface area (Å²) in [5, 5.41) is 13.6. The Labute approximate surface area is 121 Å². The van der Waals surface area contributed by atoms with Crippen LogP contribution in [0.4, 0.5) is 5.82 Å². The zero-order valence-electron chi connectivity index (χ0n) is 11.1. The van der Waals surface area contributed by atoms with Gasteiger partial charge in [-0.25, -0.2) is 9.97 Å². The van der Waals surface area contributed by atoms with Crippen molar-refractivity contribution in [2.45, 2.75) is 13.0 Å². The van der Waals surface area contributed by atoms with E-state index >= 15 is 0 Å². The molecule has 0 unspecified atom stereocenters. The zero-order chi connectivity index (χ0) is 13.9. The number of aliphatic hydroxyl groups is 1. The van der Waals surface area contributed by atoms with Crippen molar-refractivity contribution in [2.24, 2.45) is 0 Å². The molecule has 1 aromatic carbocycles. The normalized spacial score (nSPS) is 12.5. The Morgan fingerprint density at radius 3 is 2.95 bits per heavy atom. The molecule has 0 amide bonds. The lowest BCUT2D eigenvalue weighted by molar-refractivity contribution is 0.208. The van der Waals surface area contributed by atoms with Crippen LogP contribution in [0.25, 0.3) is 20.8 Å². The zero-order valence-corrected chi connectivity index (χ0v) is 11.9. The second-order valence-electron chi connectivity index (χ2n) is 4.64. The predicted octanol–water partition coefficient (Wildman–Crippen LogP) is 3.15. The maximum atomic E-state index is 9.29.